The molecule has 4 aromatic carbocycles. The Kier molecular flexibility index (Phi) is 18.0. The van der Waals surface area contributed by atoms with Gasteiger partial charge in [-0.05, 0) is 96.8 Å². The van der Waals surface area contributed by atoms with E-state index in [0.717, 1.165) is 45.4 Å². The molecule has 0 radical (unpaired) electrons. The molecular weight excluding hydrogens is 982 g/mol. The first kappa shape index (κ1) is 60.3. The van der Waals surface area contributed by atoms with Crippen LogP contribution in [0.3, 0.4) is 0 Å². The number of hydrogen-bond acceptors (Lipinski definition) is 9. The van der Waals surface area contributed by atoms with E-state index in [1.807, 2.05) is 0 Å². The lowest BCUT2D eigenvalue weighted by atomic mass is 9.77. The summed E-state index contributed by atoms with van der Waals surface area (Å²) in [6.45, 7) is 53.3. The van der Waals surface area contributed by atoms with Gasteiger partial charge >= 0.3 is 25.4 Å². The van der Waals surface area contributed by atoms with Crippen molar-refractivity contribution >= 4 is 47.4 Å². The molecule has 2 aliphatic rings. The fraction of sp³-hybridized carbons (Fsp3) is 0.613. The van der Waals surface area contributed by atoms with Gasteiger partial charge in [0.1, 0.15) is 22.7 Å². The molecule has 9 nitrogen and oxygen atoms in total. The summed E-state index contributed by atoms with van der Waals surface area (Å²) in [6, 6.07) is 22.2. The van der Waals surface area contributed by atoms with E-state index in [0.29, 0.717) is 32.3 Å². The quantitative estimate of drug-likeness (QED) is 0.148. The number of fused-ring (bicyclic) bond motifs is 3. The molecule has 2 saturated heterocycles. The highest BCUT2D eigenvalue weighted by molar-refractivity contribution is 7.42. The Hall–Kier alpha value is -2.96. The van der Waals surface area contributed by atoms with Crippen molar-refractivity contribution < 1.29 is 40.1 Å². The maximum absolute atomic E-state index is 6.53. The van der Waals surface area contributed by atoms with Crippen LogP contribution in [0, 0.1) is 11.3 Å². The monoisotopic (exact) mass is 1070 g/mol. The SMILES string of the molecule is CC(C)Cc1ccc(OP2OCC3(CO2)COP(Oc2ccc(C(C)(C)C)cc2C(C)(C)C)OC3)c(C(C)(C)C)c1.COp1oc2c(C(C)(C)C)cc(C(C)(C)C)cc2c2cc(C(C)(C)C)cc(C(C)(C)C)c2o1. The first-order valence-corrected chi connectivity index (χ1v) is 29.9. The summed E-state index contributed by atoms with van der Waals surface area (Å²) in [6.07, 6.45) is 1.04. The van der Waals surface area contributed by atoms with Crippen molar-refractivity contribution in [3.8, 4) is 11.5 Å². The molecule has 0 saturated carbocycles. The summed E-state index contributed by atoms with van der Waals surface area (Å²) < 4.78 is 55.9. The van der Waals surface area contributed by atoms with E-state index < -0.39 is 25.4 Å². The molecule has 0 amide bonds. The lowest BCUT2D eigenvalue weighted by Gasteiger charge is -2.41. The molecule has 3 heterocycles. The first-order valence-electron chi connectivity index (χ1n) is 26.6. The summed E-state index contributed by atoms with van der Waals surface area (Å²) in [5, 5.41) is 2.20. The van der Waals surface area contributed by atoms with Crippen molar-refractivity contribution in [2.45, 2.75) is 204 Å². The van der Waals surface area contributed by atoms with E-state index in [1.54, 1.807) is 7.11 Å². The average molecular weight is 1080 g/mol. The molecule has 0 N–H and O–H groups in total. The van der Waals surface area contributed by atoms with Crippen molar-refractivity contribution in [3.05, 3.63) is 105 Å². The summed E-state index contributed by atoms with van der Waals surface area (Å²) in [7, 11) is -2.93. The first-order chi connectivity index (χ1) is 33.8. The molecule has 5 aromatic rings. The van der Waals surface area contributed by atoms with Crippen molar-refractivity contribution in [3.63, 3.8) is 0 Å². The van der Waals surface area contributed by atoms with Crippen LogP contribution in [0.25, 0.3) is 21.9 Å². The van der Waals surface area contributed by atoms with Crippen LogP contribution >= 0.6 is 25.4 Å². The number of rotatable bonds is 7. The molecule has 74 heavy (non-hydrogen) atoms. The van der Waals surface area contributed by atoms with Gasteiger partial charge in [-0.1, -0.05) is 196 Å². The van der Waals surface area contributed by atoms with Gasteiger partial charge in [0.2, 0.25) is 0 Å². The summed E-state index contributed by atoms with van der Waals surface area (Å²) in [5.74, 6) is 2.24. The van der Waals surface area contributed by atoms with Gasteiger partial charge in [-0.3, -0.25) is 4.52 Å². The molecular formula is C62H93O9P3. The van der Waals surface area contributed by atoms with Crippen LogP contribution < -0.4 is 13.6 Å². The van der Waals surface area contributed by atoms with Crippen LogP contribution in [-0.2, 0) is 62.4 Å². The predicted octanol–water partition coefficient (Wildman–Crippen LogP) is 19.3. The van der Waals surface area contributed by atoms with Gasteiger partial charge in [0.25, 0.3) is 0 Å². The van der Waals surface area contributed by atoms with Crippen molar-refractivity contribution in [2.24, 2.45) is 11.3 Å². The van der Waals surface area contributed by atoms with Crippen LogP contribution in [-0.4, -0.2) is 33.5 Å². The van der Waals surface area contributed by atoms with Crippen LogP contribution in [0.15, 0.2) is 69.1 Å². The van der Waals surface area contributed by atoms with Gasteiger partial charge in [0.15, 0.2) is 0 Å². The van der Waals surface area contributed by atoms with E-state index in [-0.39, 0.29) is 43.3 Å². The highest BCUT2D eigenvalue weighted by Crippen LogP contribution is 2.55. The van der Waals surface area contributed by atoms with Crippen LogP contribution in [0.4, 0.5) is 0 Å². The van der Waals surface area contributed by atoms with Gasteiger partial charge in [-0.25, -0.2) is 0 Å². The third-order valence-corrected chi connectivity index (χ3v) is 16.7. The standard InChI is InChI=1S/C33H50O6P2.C29H43O3P/c1-23(2)16-24-12-14-28(26(17-24)31(6,7)8)38-40-34-19-33(20-35-40)21-36-41(37-22-33)39-29-15-13-25(30(3,4)5)18-27(29)32(9,10)11;1-26(2,3)18-14-20-21-15-19(27(4,5)6)17-23(29(10,11)12)25(21)32-33(30-13)31-24(20)22(16-18)28(7,8)9/h12-15,17-18,23H,16,19-22H2,1-11H3;14-17H,1-13H3. The molecule has 0 unspecified atom stereocenters. The zero-order chi connectivity index (χ0) is 55.4. The molecule has 2 fully saturated rings. The highest BCUT2D eigenvalue weighted by atomic mass is 31.2. The van der Waals surface area contributed by atoms with E-state index >= 15 is 0 Å². The van der Waals surface area contributed by atoms with Gasteiger partial charge in [-0.2, -0.15) is 0 Å². The third-order valence-electron chi connectivity index (χ3n) is 13.7. The minimum Gasteiger partial charge on any atom is -0.426 e. The van der Waals surface area contributed by atoms with Gasteiger partial charge in [-0.15, -0.1) is 0 Å². The number of benzene rings is 4. The third kappa shape index (κ3) is 14.8. The molecule has 0 aliphatic carbocycles. The minimum atomic E-state index is -1.57. The molecule has 1 spiro atoms. The fourth-order valence-electron chi connectivity index (χ4n) is 8.93. The van der Waals surface area contributed by atoms with E-state index in [9.17, 15) is 0 Å². The Morgan fingerprint density at radius 1 is 0.446 bits per heavy atom. The minimum absolute atomic E-state index is 0.00282. The molecule has 7 rings (SSSR count). The summed E-state index contributed by atoms with van der Waals surface area (Å²) >= 11 is 0. The normalized spacial score (nSPS) is 19.5. The van der Waals surface area contributed by atoms with E-state index in [4.69, 9.17) is 40.1 Å². The van der Waals surface area contributed by atoms with Gasteiger partial charge in [0.05, 0.1) is 39.0 Å². The van der Waals surface area contributed by atoms with Crippen LogP contribution in [0.2, 0.25) is 0 Å². The maximum Gasteiger partial charge on any atom is 0.397 e. The average Bonchev–Trinajstić information content (AvgIpc) is 3.42. The van der Waals surface area contributed by atoms with Gasteiger partial charge in [0, 0.05) is 33.0 Å². The second-order valence-corrected chi connectivity index (χ2v) is 32.0. The van der Waals surface area contributed by atoms with E-state index in [2.05, 4.69) is 220 Å². The Morgan fingerprint density at radius 3 is 1.14 bits per heavy atom. The number of hydrogen-bond donors (Lipinski definition) is 0. The fourth-order valence-corrected chi connectivity index (χ4v) is 12.3. The maximum atomic E-state index is 6.53. The zero-order valence-electron chi connectivity index (χ0n) is 49.9. The lowest BCUT2D eigenvalue weighted by molar-refractivity contribution is -0.0673. The van der Waals surface area contributed by atoms with Crippen molar-refractivity contribution in [1.82, 2.24) is 0 Å². The van der Waals surface area contributed by atoms with Gasteiger partial charge < -0.3 is 35.5 Å². The van der Waals surface area contributed by atoms with E-state index in [1.165, 1.54) is 38.9 Å². The topological polar surface area (TPSA) is 90.9 Å². The molecule has 1 aromatic heterocycles. The molecule has 410 valence electrons. The Bertz CT molecular complexity index is 2680. The Balaban J connectivity index is 0.000000247. The Labute approximate surface area is 450 Å². The van der Waals surface area contributed by atoms with Crippen LogP contribution in [0.5, 0.6) is 11.5 Å². The molecule has 0 bridgehead atoms. The largest absolute Gasteiger partial charge is 0.426 e. The second kappa shape index (κ2) is 22.1. The zero-order valence-corrected chi connectivity index (χ0v) is 52.6. The van der Waals surface area contributed by atoms with Crippen LogP contribution in [0.1, 0.15) is 204 Å². The van der Waals surface area contributed by atoms with Crippen molar-refractivity contribution in [2.75, 3.05) is 33.5 Å². The highest BCUT2D eigenvalue weighted by Gasteiger charge is 2.45. The van der Waals surface area contributed by atoms with Crippen molar-refractivity contribution in [1.29, 1.82) is 0 Å². The summed E-state index contributed by atoms with van der Waals surface area (Å²) in [5.41, 5.74) is 11.0. The second-order valence-electron chi connectivity index (χ2n) is 28.5. The molecule has 0 atom stereocenters. The predicted molar refractivity (Wildman–Crippen MR) is 312 cm³/mol. The smallest absolute Gasteiger partial charge is 0.397 e. The lowest BCUT2D eigenvalue weighted by Crippen LogP contribution is -2.45. The summed E-state index contributed by atoms with van der Waals surface area (Å²) in [4.78, 5) is 0. The molecule has 2 aliphatic heterocycles. The Morgan fingerprint density at radius 2 is 0.797 bits per heavy atom. The molecule has 12 heteroatoms.